The van der Waals surface area contributed by atoms with Crippen molar-refractivity contribution in [2.75, 3.05) is 19.0 Å². The fourth-order valence-electron chi connectivity index (χ4n) is 3.41. The van der Waals surface area contributed by atoms with Crippen LogP contribution in [0, 0.1) is 0 Å². The quantitative estimate of drug-likeness (QED) is 0.306. The first kappa shape index (κ1) is 26.6. The highest BCUT2D eigenvalue weighted by molar-refractivity contribution is 7.90. The molecule has 0 aliphatic rings. The first-order valence-electron chi connectivity index (χ1n) is 11.9. The Hall–Kier alpha value is -3.00. The summed E-state index contributed by atoms with van der Waals surface area (Å²) < 4.78 is 37.6. The van der Waals surface area contributed by atoms with E-state index in [1.807, 2.05) is 30.3 Å². The van der Waals surface area contributed by atoms with Gasteiger partial charge in [-0.15, -0.1) is 0 Å². The van der Waals surface area contributed by atoms with E-state index in [2.05, 4.69) is 35.9 Å². The average molecular weight is 496 g/mol. The van der Waals surface area contributed by atoms with E-state index in [1.165, 1.54) is 5.56 Å². The van der Waals surface area contributed by atoms with Gasteiger partial charge in [0.25, 0.3) is 5.91 Å². The zero-order chi connectivity index (χ0) is 24.9. The van der Waals surface area contributed by atoms with Crippen molar-refractivity contribution in [2.24, 2.45) is 0 Å². The van der Waals surface area contributed by atoms with E-state index in [0.29, 0.717) is 32.8 Å². The number of hydrogen-bond acceptors (Lipinski definition) is 5. The van der Waals surface area contributed by atoms with Crippen molar-refractivity contribution in [3.63, 3.8) is 0 Å². The highest BCUT2D eigenvalue weighted by atomic mass is 32.2. The van der Waals surface area contributed by atoms with Gasteiger partial charge < -0.3 is 9.47 Å². The molecule has 0 fully saturated rings. The Morgan fingerprint density at radius 2 is 1.31 bits per heavy atom. The maximum absolute atomic E-state index is 12.3. The highest BCUT2D eigenvalue weighted by Gasteiger charge is 2.16. The zero-order valence-electron chi connectivity index (χ0n) is 20.1. The van der Waals surface area contributed by atoms with Gasteiger partial charge in [-0.2, -0.15) is 0 Å². The van der Waals surface area contributed by atoms with Gasteiger partial charge >= 0.3 is 0 Å². The van der Waals surface area contributed by atoms with E-state index in [9.17, 15) is 13.2 Å². The van der Waals surface area contributed by atoms with Crippen LogP contribution in [0.2, 0.25) is 0 Å². The molecule has 3 aromatic carbocycles. The lowest BCUT2D eigenvalue weighted by atomic mass is 10.0. The summed E-state index contributed by atoms with van der Waals surface area (Å²) in [5.74, 6) is -0.786. The van der Waals surface area contributed by atoms with Gasteiger partial charge in [0, 0.05) is 18.8 Å². The van der Waals surface area contributed by atoms with Gasteiger partial charge in [0.15, 0.2) is 0 Å². The average Bonchev–Trinajstić information content (AvgIpc) is 2.87. The van der Waals surface area contributed by atoms with E-state index >= 15 is 0 Å². The van der Waals surface area contributed by atoms with Gasteiger partial charge in [0.05, 0.1) is 19.0 Å². The lowest BCUT2D eigenvalue weighted by Gasteiger charge is -2.09. The van der Waals surface area contributed by atoms with E-state index < -0.39 is 15.9 Å². The minimum Gasteiger partial charge on any atom is -0.381 e. The van der Waals surface area contributed by atoms with Crippen LogP contribution in [0.1, 0.15) is 47.7 Å². The van der Waals surface area contributed by atoms with Crippen LogP contribution in [-0.4, -0.2) is 33.3 Å². The molecular formula is C28H33NO5S. The highest BCUT2D eigenvalue weighted by Crippen LogP contribution is 2.19. The number of amides is 1. The van der Waals surface area contributed by atoms with Crippen LogP contribution in [0.5, 0.6) is 0 Å². The van der Waals surface area contributed by atoms with Crippen molar-refractivity contribution < 1.29 is 22.7 Å². The number of unbranched alkanes of at least 4 members (excludes halogenated alkanes) is 1. The Morgan fingerprint density at radius 1 is 0.743 bits per heavy atom. The van der Waals surface area contributed by atoms with Gasteiger partial charge in [-0.05, 0) is 47.2 Å². The van der Waals surface area contributed by atoms with E-state index in [1.54, 1.807) is 24.3 Å². The number of ether oxygens (including phenoxy) is 2. The third-order valence-electron chi connectivity index (χ3n) is 5.41. The Balaban J connectivity index is 1.41. The summed E-state index contributed by atoms with van der Waals surface area (Å²) >= 11 is 0. The molecule has 0 aliphatic heterocycles. The Morgan fingerprint density at radius 3 is 1.94 bits per heavy atom. The molecule has 3 aromatic rings. The summed E-state index contributed by atoms with van der Waals surface area (Å²) in [6.45, 7) is 3.91. The fraction of sp³-hybridized carbons (Fsp3) is 0.321. The van der Waals surface area contributed by atoms with E-state index in [0.717, 1.165) is 29.5 Å². The summed E-state index contributed by atoms with van der Waals surface area (Å²) in [6.07, 6.45) is 2.33. The second-order valence-electron chi connectivity index (χ2n) is 8.32. The van der Waals surface area contributed by atoms with E-state index in [-0.39, 0.29) is 11.3 Å². The first-order valence-corrected chi connectivity index (χ1v) is 13.6. The van der Waals surface area contributed by atoms with Gasteiger partial charge in [-0.25, -0.2) is 13.1 Å². The fourth-order valence-corrected chi connectivity index (χ4v) is 4.41. The van der Waals surface area contributed by atoms with Crippen molar-refractivity contribution in [3.8, 4) is 11.1 Å². The molecule has 0 spiro atoms. The molecule has 0 radical (unpaired) electrons. The van der Waals surface area contributed by atoms with Crippen LogP contribution in [0.3, 0.4) is 0 Å². The molecule has 6 nitrogen and oxygen atoms in total. The minimum absolute atomic E-state index is 0.150. The topological polar surface area (TPSA) is 81.7 Å². The first-order chi connectivity index (χ1) is 17.0. The lowest BCUT2D eigenvalue weighted by molar-refractivity contribution is 0.0979. The maximum atomic E-state index is 12.3. The predicted octanol–water partition coefficient (Wildman–Crippen LogP) is 5.34. The molecule has 7 heteroatoms. The standard InChI is InChI=1S/C28H33NO5S/c1-2-3-18-33-19-7-20-35(31,32)29-28(30)27-16-12-24(13-17-27)22-34-21-23-10-14-26(15-11-23)25-8-5-4-6-9-25/h4-6,8-17H,2-3,7,18-22H2,1H3,(H,29,30). The summed E-state index contributed by atoms with van der Waals surface area (Å²) in [6, 6.07) is 25.2. The molecule has 0 aromatic heterocycles. The van der Waals surface area contributed by atoms with E-state index in [4.69, 9.17) is 9.47 Å². The van der Waals surface area contributed by atoms with Crippen LogP contribution in [0.25, 0.3) is 11.1 Å². The molecule has 0 saturated heterocycles. The Bertz CT molecular complexity index is 1140. The van der Waals surface area contributed by atoms with Crippen LogP contribution >= 0.6 is 0 Å². The second kappa shape index (κ2) is 13.8. The molecule has 3 rings (SSSR count). The minimum atomic E-state index is -3.70. The molecule has 0 saturated carbocycles. The maximum Gasteiger partial charge on any atom is 0.264 e. The van der Waals surface area contributed by atoms with Crippen molar-refractivity contribution in [3.05, 3.63) is 95.6 Å². The Labute approximate surface area is 208 Å². The number of sulfonamides is 1. The third kappa shape index (κ3) is 9.28. The molecule has 186 valence electrons. The normalized spacial score (nSPS) is 11.3. The van der Waals surface area contributed by atoms with Crippen molar-refractivity contribution in [1.29, 1.82) is 0 Å². The molecular weight excluding hydrogens is 462 g/mol. The van der Waals surface area contributed by atoms with Gasteiger partial charge in [0.2, 0.25) is 10.0 Å². The molecule has 0 atom stereocenters. The Kier molecular flexibility index (Phi) is 10.5. The summed E-state index contributed by atoms with van der Waals surface area (Å²) in [5.41, 5.74) is 4.59. The summed E-state index contributed by atoms with van der Waals surface area (Å²) in [7, 11) is -3.70. The SMILES string of the molecule is CCCCOCCCS(=O)(=O)NC(=O)c1ccc(COCc2ccc(-c3ccccc3)cc2)cc1. The molecule has 1 amide bonds. The number of rotatable bonds is 14. The molecule has 1 N–H and O–H groups in total. The molecule has 0 heterocycles. The van der Waals surface area contributed by atoms with Gasteiger partial charge in [-0.3, -0.25) is 4.79 Å². The van der Waals surface area contributed by atoms with Crippen molar-refractivity contribution in [2.45, 2.75) is 39.4 Å². The summed E-state index contributed by atoms with van der Waals surface area (Å²) in [5, 5.41) is 0. The molecule has 0 aliphatic carbocycles. The van der Waals surface area contributed by atoms with Crippen LogP contribution < -0.4 is 4.72 Å². The number of nitrogens with one attached hydrogen (secondary N) is 1. The second-order valence-corrected chi connectivity index (χ2v) is 10.2. The van der Waals surface area contributed by atoms with Gasteiger partial charge in [-0.1, -0.05) is 80.1 Å². The lowest BCUT2D eigenvalue weighted by Crippen LogP contribution is -2.32. The van der Waals surface area contributed by atoms with Gasteiger partial charge in [0.1, 0.15) is 0 Å². The predicted molar refractivity (Wildman–Crippen MR) is 138 cm³/mol. The zero-order valence-corrected chi connectivity index (χ0v) is 20.9. The number of carbonyl (C=O) groups excluding carboxylic acids is 1. The summed E-state index contributed by atoms with van der Waals surface area (Å²) in [4.78, 5) is 12.3. The number of carbonyl (C=O) groups is 1. The molecule has 35 heavy (non-hydrogen) atoms. The smallest absolute Gasteiger partial charge is 0.264 e. The van der Waals surface area contributed by atoms with Crippen molar-refractivity contribution in [1.82, 2.24) is 4.72 Å². The molecule has 0 bridgehead atoms. The third-order valence-corrected chi connectivity index (χ3v) is 6.73. The van der Waals surface area contributed by atoms with Crippen LogP contribution in [0.15, 0.2) is 78.9 Å². The number of benzene rings is 3. The molecule has 0 unspecified atom stereocenters. The van der Waals surface area contributed by atoms with Crippen LogP contribution in [-0.2, 0) is 32.7 Å². The van der Waals surface area contributed by atoms with Crippen molar-refractivity contribution >= 4 is 15.9 Å². The van der Waals surface area contributed by atoms with Crippen LogP contribution in [0.4, 0.5) is 0 Å². The largest absolute Gasteiger partial charge is 0.381 e. The number of hydrogen-bond donors (Lipinski definition) is 1. The monoisotopic (exact) mass is 495 g/mol.